The molecule has 0 unspecified atom stereocenters. The molecule has 0 aliphatic rings. The maximum absolute atomic E-state index is 12.0. The molecule has 1 N–H and O–H groups in total. The van der Waals surface area contributed by atoms with E-state index < -0.39 is 5.97 Å². The second-order valence-corrected chi connectivity index (χ2v) is 5.90. The van der Waals surface area contributed by atoms with Crippen molar-refractivity contribution in [1.82, 2.24) is 5.32 Å². The Morgan fingerprint density at radius 2 is 1.65 bits per heavy atom. The van der Waals surface area contributed by atoms with Gasteiger partial charge in [0.15, 0.2) is 0 Å². The van der Waals surface area contributed by atoms with Crippen LogP contribution in [0.5, 0.6) is 0 Å². The van der Waals surface area contributed by atoms with Gasteiger partial charge in [0.2, 0.25) is 5.91 Å². The summed E-state index contributed by atoms with van der Waals surface area (Å²) in [6.45, 7) is 6.91. The summed E-state index contributed by atoms with van der Waals surface area (Å²) in [5, 5.41) is 2.94. The molecule has 1 aromatic carbocycles. The van der Waals surface area contributed by atoms with Gasteiger partial charge in [0, 0.05) is 12.0 Å². The minimum atomic E-state index is -0.471. The van der Waals surface area contributed by atoms with E-state index in [0.717, 1.165) is 25.7 Å². The number of nitrogens with one attached hydrogen (secondary N) is 1. The van der Waals surface area contributed by atoms with E-state index in [1.165, 1.54) is 5.56 Å². The van der Waals surface area contributed by atoms with Gasteiger partial charge in [0.25, 0.3) is 0 Å². The Bertz CT molecular complexity index is 479. The summed E-state index contributed by atoms with van der Waals surface area (Å²) in [4.78, 5) is 23.4. The molecule has 1 rings (SSSR count). The molecule has 4 heteroatoms. The summed E-state index contributed by atoms with van der Waals surface area (Å²) in [5.41, 5.74) is 1.18. The Kier molecular flexibility index (Phi) is 8.38. The van der Waals surface area contributed by atoms with Crippen molar-refractivity contribution in [1.29, 1.82) is 0 Å². The van der Waals surface area contributed by atoms with E-state index in [1.54, 1.807) is 6.92 Å². The summed E-state index contributed by atoms with van der Waals surface area (Å²) >= 11 is 0. The maximum Gasteiger partial charge on any atom is 0.315 e. The molecule has 0 aromatic heterocycles. The largest absolute Gasteiger partial charge is 0.466 e. The number of hydrogen-bond acceptors (Lipinski definition) is 3. The monoisotopic (exact) mass is 319 g/mol. The lowest BCUT2D eigenvalue weighted by molar-refractivity contribution is -0.146. The number of hydrogen-bond donors (Lipinski definition) is 1. The molecule has 0 aliphatic heterocycles. The Balaban J connectivity index is 2.81. The second kappa shape index (κ2) is 10.0. The standard InChI is InChI=1S/C19H29NO3/c1-4-12-19(13-5-2,16-10-8-7-9-11-16)15-20-17(21)14-18(22)23-6-3/h7-11H,4-6,12-15H2,1-3H3,(H,20,21). The summed E-state index contributed by atoms with van der Waals surface area (Å²) in [7, 11) is 0. The molecule has 0 heterocycles. The predicted octanol–water partition coefficient (Wildman–Crippen LogP) is 3.59. The highest BCUT2D eigenvalue weighted by atomic mass is 16.5. The van der Waals surface area contributed by atoms with Crippen LogP contribution in [-0.2, 0) is 19.7 Å². The van der Waals surface area contributed by atoms with Crippen LogP contribution in [0.15, 0.2) is 30.3 Å². The van der Waals surface area contributed by atoms with Crippen molar-refractivity contribution in [3.05, 3.63) is 35.9 Å². The highest BCUT2D eigenvalue weighted by Gasteiger charge is 2.31. The lowest BCUT2D eigenvalue weighted by Gasteiger charge is -2.34. The van der Waals surface area contributed by atoms with Crippen molar-refractivity contribution in [2.75, 3.05) is 13.2 Å². The fraction of sp³-hybridized carbons (Fsp3) is 0.579. The molecule has 0 aliphatic carbocycles. The van der Waals surface area contributed by atoms with Crippen molar-refractivity contribution < 1.29 is 14.3 Å². The van der Waals surface area contributed by atoms with E-state index in [9.17, 15) is 9.59 Å². The van der Waals surface area contributed by atoms with Gasteiger partial charge in [-0.3, -0.25) is 9.59 Å². The Morgan fingerprint density at radius 3 is 2.17 bits per heavy atom. The molecule has 4 nitrogen and oxygen atoms in total. The molecule has 0 bridgehead atoms. The van der Waals surface area contributed by atoms with Crippen LogP contribution in [0.2, 0.25) is 0 Å². The molecule has 0 saturated carbocycles. The predicted molar refractivity (Wildman–Crippen MR) is 92.2 cm³/mol. The van der Waals surface area contributed by atoms with Gasteiger partial charge < -0.3 is 10.1 Å². The van der Waals surface area contributed by atoms with Crippen LogP contribution in [0.3, 0.4) is 0 Å². The van der Waals surface area contributed by atoms with Crippen molar-refractivity contribution in [2.45, 2.75) is 58.3 Å². The molecular formula is C19H29NO3. The lowest BCUT2D eigenvalue weighted by Crippen LogP contribution is -2.41. The highest BCUT2D eigenvalue weighted by molar-refractivity contribution is 5.94. The van der Waals surface area contributed by atoms with Crippen LogP contribution in [-0.4, -0.2) is 25.0 Å². The topological polar surface area (TPSA) is 55.4 Å². The summed E-state index contributed by atoms with van der Waals surface area (Å²) in [6, 6.07) is 10.3. The normalized spacial score (nSPS) is 11.1. The third-order valence-corrected chi connectivity index (χ3v) is 4.08. The molecule has 0 fully saturated rings. The van der Waals surface area contributed by atoms with E-state index in [1.807, 2.05) is 18.2 Å². The fourth-order valence-corrected chi connectivity index (χ4v) is 3.11. The van der Waals surface area contributed by atoms with Crippen LogP contribution in [0, 0.1) is 0 Å². The molecule has 0 radical (unpaired) electrons. The van der Waals surface area contributed by atoms with Crippen LogP contribution < -0.4 is 5.32 Å². The van der Waals surface area contributed by atoms with Crippen molar-refractivity contribution in [2.24, 2.45) is 0 Å². The number of rotatable bonds is 10. The summed E-state index contributed by atoms with van der Waals surface area (Å²) in [6.07, 6.45) is 3.89. The van der Waals surface area contributed by atoms with E-state index in [2.05, 4.69) is 31.3 Å². The minimum Gasteiger partial charge on any atom is -0.466 e. The first kappa shape index (κ1) is 19.2. The molecule has 1 aromatic rings. The van der Waals surface area contributed by atoms with Gasteiger partial charge in [0.05, 0.1) is 6.61 Å². The first-order valence-electron chi connectivity index (χ1n) is 8.55. The molecule has 1 amide bonds. The molecule has 128 valence electrons. The number of benzene rings is 1. The van der Waals surface area contributed by atoms with Crippen LogP contribution in [0.25, 0.3) is 0 Å². The van der Waals surface area contributed by atoms with Crippen molar-refractivity contribution >= 4 is 11.9 Å². The Labute approximate surface area is 139 Å². The van der Waals surface area contributed by atoms with Crippen LogP contribution in [0.1, 0.15) is 58.4 Å². The van der Waals surface area contributed by atoms with E-state index in [-0.39, 0.29) is 17.7 Å². The second-order valence-electron chi connectivity index (χ2n) is 5.90. The number of esters is 1. The summed E-state index contributed by atoms with van der Waals surface area (Å²) in [5.74, 6) is -0.739. The number of amides is 1. The first-order valence-corrected chi connectivity index (χ1v) is 8.55. The molecule has 0 spiro atoms. The lowest BCUT2D eigenvalue weighted by atomic mass is 9.73. The number of carbonyl (C=O) groups is 2. The molecule has 23 heavy (non-hydrogen) atoms. The van der Waals surface area contributed by atoms with E-state index >= 15 is 0 Å². The zero-order valence-corrected chi connectivity index (χ0v) is 14.6. The fourth-order valence-electron chi connectivity index (χ4n) is 3.11. The highest BCUT2D eigenvalue weighted by Crippen LogP contribution is 2.33. The van der Waals surface area contributed by atoms with Gasteiger partial charge >= 0.3 is 5.97 Å². The van der Waals surface area contributed by atoms with Gasteiger partial charge in [-0.1, -0.05) is 57.0 Å². The Hall–Kier alpha value is -1.84. The smallest absolute Gasteiger partial charge is 0.315 e. The van der Waals surface area contributed by atoms with Gasteiger partial charge in [0.1, 0.15) is 6.42 Å². The van der Waals surface area contributed by atoms with Gasteiger partial charge in [-0.25, -0.2) is 0 Å². The minimum absolute atomic E-state index is 0.0743. The van der Waals surface area contributed by atoms with Gasteiger partial charge in [-0.15, -0.1) is 0 Å². The van der Waals surface area contributed by atoms with Crippen LogP contribution >= 0.6 is 0 Å². The average molecular weight is 319 g/mol. The average Bonchev–Trinajstić information content (AvgIpc) is 2.54. The SMILES string of the molecule is CCCC(CCC)(CNC(=O)CC(=O)OCC)c1ccccc1. The summed E-state index contributed by atoms with van der Waals surface area (Å²) < 4.78 is 4.82. The quantitative estimate of drug-likeness (QED) is 0.529. The molecule has 0 saturated heterocycles. The van der Waals surface area contributed by atoms with Crippen LogP contribution in [0.4, 0.5) is 0 Å². The van der Waals surface area contributed by atoms with Crippen molar-refractivity contribution in [3.8, 4) is 0 Å². The van der Waals surface area contributed by atoms with Gasteiger partial charge in [-0.05, 0) is 25.3 Å². The molecular weight excluding hydrogens is 290 g/mol. The molecule has 0 atom stereocenters. The number of carbonyl (C=O) groups excluding carboxylic acids is 2. The maximum atomic E-state index is 12.0. The van der Waals surface area contributed by atoms with Crippen molar-refractivity contribution in [3.63, 3.8) is 0 Å². The third kappa shape index (κ3) is 6.05. The first-order chi connectivity index (χ1) is 11.1. The van der Waals surface area contributed by atoms with E-state index in [4.69, 9.17) is 4.74 Å². The third-order valence-electron chi connectivity index (χ3n) is 4.08. The zero-order valence-electron chi connectivity index (χ0n) is 14.6. The van der Waals surface area contributed by atoms with Gasteiger partial charge in [-0.2, -0.15) is 0 Å². The zero-order chi connectivity index (χ0) is 17.1. The Morgan fingerprint density at radius 1 is 1.04 bits per heavy atom. The number of ether oxygens (including phenoxy) is 1. The van der Waals surface area contributed by atoms with E-state index in [0.29, 0.717) is 13.2 Å².